The summed E-state index contributed by atoms with van der Waals surface area (Å²) in [4.78, 5) is 25.1. The van der Waals surface area contributed by atoms with E-state index in [-0.39, 0.29) is 17.2 Å². The summed E-state index contributed by atoms with van der Waals surface area (Å²) in [5.74, 6) is 0.619. The first-order valence-electron chi connectivity index (χ1n) is 13.3. The summed E-state index contributed by atoms with van der Waals surface area (Å²) < 4.78 is 34.0. The molecule has 5 aliphatic heterocycles. The highest BCUT2D eigenvalue weighted by molar-refractivity contribution is 5.87. The van der Waals surface area contributed by atoms with Gasteiger partial charge in [0.25, 0.3) is 6.43 Å². The van der Waals surface area contributed by atoms with Crippen LogP contribution >= 0.6 is 0 Å². The van der Waals surface area contributed by atoms with Crippen molar-refractivity contribution in [2.75, 3.05) is 62.2 Å². The Morgan fingerprint density at radius 3 is 2.61 bits per heavy atom. The Morgan fingerprint density at radius 2 is 1.97 bits per heavy atom. The normalized spacial score (nSPS) is 26.4. The molecule has 0 N–H and O–H groups in total. The highest BCUT2D eigenvalue weighted by atomic mass is 19.3. The number of piperazine rings is 1. The van der Waals surface area contributed by atoms with E-state index in [4.69, 9.17) is 4.74 Å². The Bertz CT molecular complexity index is 1020. The van der Waals surface area contributed by atoms with E-state index in [0.717, 1.165) is 38.2 Å². The van der Waals surface area contributed by atoms with Gasteiger partial charge in [0.05, 0.1) is 19.7 Å². The number of hydrogen-bond acceptors (Lipinski definition) is 6. The van der Waals surface area contributed by atoms with Crippen LogP contribution in [0.1, 0.15) is 44.4 Å². The number of fused-ring (bicyclic) bond motifs is 3. The second kappa shape index (κ2) is 10.1. The van der Waals surface area contributed by atoms with E-state index in [1.54, 1.807) is 0 Å². The molecule has 1 amide bonds. The van der Waals surface area contributed by atoms with E-state index < -0.39 is 6.43 Å². The number of alkyl halides is 2. The van der Waals surface area contributed by atoms with Crippen LogP contribution in [-0.4, -0.2) is 90.8 Å². The molecule has 3 saturated heterocycles. The Labute approximate surface area is 212 Å². The summed E-state index contributed by atoms with van der Waals surface area (Å²) in [6, 6.07) is 2.73. The van der Waals surface area contributed by atoms with Gasteiger partial charge in [-0.15, -0.1) is 0 Å². The predicted molar refractivity (Wildman–Crippen MR) is 137 cm³/mol. The van der Waals surface area contributed by atoms with Gasteiger partial charge in [0, 0.05) is 62.1 Å². The van der Waals surface area contributed by atoms with E-state index in [9.17, 15) is 13.6 Å². The van der Waals surface area contributed by atoms with Gasteiger partial charge in [-0.25, -0.2) is 13.8 Å². The molecule has 3 fully saturated rings. The number of rotatable bonds is 4. The number of pyridine rings is 1. The van der Waals surface area contributed by atoms with Gasteiger partial charge in [-0.1, -0.05) is 32.6 Å². The molecule has 6 heterocycles. The number of nitrogens with zero attached hydrogens (tertiary/aromatic N) is 5. The molecule has 7 nitrogen and oxygen atoms in total. The van der Waals surface area contributed by atoms with Crippen molar-refractivity contribution in [3.05, 3.63) is 42.1 Å². The summed E-state index contributed by atoms with van der Waals surface area (Å²) in [7, 11) is 0. The van der Waals surface area contributed by atoms with Crippen LogP contribution in [0.2, 0.25) is 0 Å². The third-order valence-electron chi connectivity index (χ3n) is 8.19. The van der Waals surface area contributed by atoms with Gasteiger partial charge in [-0.2, -0.15) is 0 Å². The summed E-state index contributed by atoms with van der Waals surface area (Å²) in [6.45, 7) is 13.4. The lowest BCUT2D eigenvalue weighted by Crippen LogP contribution is -2.69. The second-order valence-corrected chi connectivity index (χ2v) is 10.0. The Morgan fingerprint density at radius 1 is 1.22 bits per heavy atom. The number of amides is 1. The first kappa shape index (κ1) is 25.1. The SMILES string of the molecule is C=CC(=O)N1CCN(C2CN3c4cc(N5CC6(C=CCO6)C5)nc(C(F)F)c4CCC[C@@H]23)CC1.CC. The fourth-order valence-electron chi connectivity index (χ4n) is 6.31. The van der Waals surface area contributed by atoms with Gasteiger partial charge >= 0.3 is 0 Å². The van der Waals surface area contributed by atoms with Crippen molar-refractivity contribution in [3.63, 3.8) is 0 Å². The number of aromatic nitrogens is 1. The molecule has 36 heavy (non-hydrogen) atoms. The van der Waals surface area contributed by atoms with Crippen molar-refractivity contribution >= 4 is 17.4 Å². The maximum atomic E-state index is 14.1. The number of ether oxygens (including phenoxy) is 1. The van der Waals surface area contributed by atoms with E-state index >= 15 is 0 Å². The van der Waals surface area contributed by atoms with Crippen LogP contribution < -0.4 is 9.80 Å². The third-order valence-corrected chi connectivity index (χ3v) is 8.19. The van der Waals surface area contributed by atoms with E-state index in [2.05, 4.69) is 32.3 Å². The average Bonchev–Trinajstić information content (AvgIpc) is 3.32. The van der Waals surface area contributed by atoms with Crippen molar-refractivity contribution in [3.8, 4) is 0 Å². The van der Waals surface area contributed by atoms with Crippen LogP contribution in [0.3, 0.4) is 0 Å². The van der Waals surface area contributed by atoms with Crippen molar-refractivity contribution in [1.29, 1.82) is 0 Å². The van der Waals surface area contributed by atoms with Crippen molar-refractivity contribution < 1.29 is 18.3 Å². The first-order chi connectivity index (χ1) is 17.5. The highest BCUT2D eigenvalue weighted by Gasteiger charge is 2.47. The molecule has 1 spiro atoms. The van der Waals surface area contributed by atoms with Crippen molar-refractivity contribution in [2.24, 2.45) is 0 Å². The summed E-state index contributed by atoms with van der Waals surface area (Å²) in [6.07, 6.45) is 5.39. The number of anilines is 2. The van der Waals surface area contributed by atoms with Crippen LogP contribution in [0.5, 0.6) is 0 Å². The fraction of sp³-hybridized carbons (Fsp3) is 0.630. The topological polar surface area (TPSA) is 52.2 Å². The van der Waals surface area contributed by atoms with Crippen LogP contribution in [0, 0.1) is 0 Å². The maximum absolute atomic E-state index is 14.1. The third kappa shape index (κ3) is 4.30. The van der Waals surface area contributed by atoms with Crippen molar-refractivity contribution in [2.45, 2.75) is 57.2 Å². The van der Waals surface area contributed by atoms with Crippen molar-refractivity contribution in [1.82, 2.24) is 14.8 Å². The minimum atomic E-state index is -2.59. The Balaban J connectivity index is 0.00000130. The molecule has 0 radical (unpaired) electrons. The number of hydrogen-bond donors (Lipinski definition) is 0. The second-order valence-electron chi connectivity index (χ2n) is 10.0. The number of carbonyl (C=O) groups excluding carboxylic acids is 1. The zero-order valence-electron chi connectivity index (χ0n) is 21.3. The Hall–Kier alpha value is -2.52. The molecule has 5 aliphatic rings. The summed E-state index contributed by atoms with van der Waals surface area (Å²) in [5.41, 5.74) is 1.31. The van der Waals surface area contributed by atoms with Crippen LogP contribution in [0.15, 0.2) is 30.9 Å². The lowest BCUT2D eigenvalue weighted by atomic mass is 9.90. The molecule has 0 aromatic carbocycles. The lowest BCUT2D eigenvalue weighted by Gasteiger charge is -2.55. The number of carbonyl (C=O) groups is 1. The predicted octanol–water partition coefficient (Wildman–Crippen LogP) is 3.41. The number of halogens is 2. The molecular formula is C27H37F2N5O2. The molecule has 0 bridgehead atoms. The molecule has 1 unspecified atom stereocenters. The highest BCUT2D eigenvalue weighted by Crippen LogP contribution is 2.44. The zero-order chi connectivity index (χ0) is 25.4. The van der Waals surface area contributed by atoms with Gasteiger partial charge < -0.3 is 19.4 Å². The van der Waals surface area contributed by atoms with Gasteiger partial charge in [-0.05, 0) is 25.3 Å². The first-order valence-corrected chi connectivity index (χ1v) is 13.3. The molecular weight excluding hydrogens is 464 g/mol. The van der Waals surface area contributed by atoms with E-state index in [0.29, 0.717) is 62.7 Å². The zero-order valence-corrected chi connectivity index (χ0v) is 21.3. The van der Waals surface area contributed by atoms with Crippen LogP contribution in [0.4, 0.5) is 20.3 Å². The van der Waals surface area contributed by atoms with E-state index in [1.165, 1.54) is 6.08 Å². The van der Waals surface area contributed by atoms with Gasteiger partial charge in [0.1, 0.15) is 17.1 Å². The smallest absolute Gasteiger partial charge is 0.280 e. The lowest BCUT2D eigenvalue weighted by molar-refractivity contribution is -0.128. The average molecular weight is 502 g/mol. The molecule has 1 aromatic heterocycles. The molecule has 1 aromatic rings. The molecule has 196 valence electrons. The maximum Gasteiger partial charge on any atom is 0.280 e. The van der Waals surface area contributed by atoms with Crippen LogP contribution in [-0.2, 0) is 16.0 Å². The minimum Gasteiger partial charge on any atom is -0.365 e. The standard InChI is InChI=1S/C25H31F2N5O2.C2H6/c1-2-22(33)30-10-8-29(9-11-30)20-14-32-18(20)6-3-5-17-19(32)13-21(28-23(17)24(26)27)31-15-25(16-31)7-4-12-34-25;1-2/h2,4,7,13,18,20,24H,1,3,5-6,8-12,14-16H2;1-2H3/t18-,20?;/m0./s1. The van der Waals surface area contributed by atoms with Gasteiger partial charge in [0.2, 0.25) is 5.91 Å². The minimum absolute atomic E-state index is 0.0101. The largest absolute Gasteiger partial charge is 0.365 e. The monoisotopic (exact) mass is 501 g/mol. The Kier molecular flexibility index (Phi) is 7.05. The summed E-state index contributed by atoms with van der Waals surface area (Å²) in [5, 5.41) is 0. The van der Waals surface area contributed by atoms with E-state index in [1.807, 2.05) is 30.9 Å². The molecule has 0 aliphatic carbocycles. The molecule has 6 rings (SSSR count). The molecule has 9 heteroatoms. The molecule has 2 atom stereocenters. The summed E-state index contributed by atoms with van der Waals surface area (Å²) >= 11 is 0. The van der Waals surface area contributed by atoms with Gasteiger partial charge in [-0.3, -0.25) is 9.69 Å². The quantitative estimate of drug-likeness (QED) is 0.466. The van der Waals surface area contributed by atoms with Gasteiger partial charge in [0.15, 0.2) is 0 Å². The molecule has 0 saturated carbocycles. The van der Waals surface area contributed by atoms with Crippen LogP contribution in [0.25, 0.3) is 0 Å². The fourth-order valence-corrected chi connectivity index (χ4v) is 6.31.